The average Bonchev–Trinajstić information content (AvgIpc) is 3.00. The lowest BCUT2D eigenvalue weighted by Crippen LogP contribution is -2.28. The molecule has 0 atom stereocenters. The molecular formula is C17H18ClNO3S. The molecule has 2 aromatic rings. The van der Waals surface area contributed by atoms with Gasteiger partial charge in [-0.05, 0) is 66.8 Å². The molecule has 0 saturated heterocycles. The topological polar surface area (TPSA) is 55.4 Å². The summed E-state index contributed by atoms with van der Waals surface area (Å²) in [6.07, 6.45) is 3.42. The normalized spacial score (nSPS) is 13.8. The van der Waals surface area contributed by atoms with E-state index in [0.717, 1.165) is 18.6 Å². The maximum absolute atomic E-state index is 12.1. The van der Waals surface area contributed by atoms with E-state index in [4.69, 9.17) is 16.3 Å². The number of hydrogen-bond donors (Lipinski definition) is 1. The Morgan fingerprint density at radius 1 is 1.04 bits per heavy atom. The Bertz CT molecular complexity index is 788. The molecule has 0 fully saturated rings. The molecule has 0 aromatic heterocycles. The van der Waals surface area contributed by atoms with E-state index in [1.165, 1.54) is 29.7 Å². The Morgan fingerprint density at radius 2 is 1.78 bits per heavy atom. The van der Waals surface area contributed by atoms with Crippen molar-refractivity contribution in [1.29, 1.82) is 0 Å². The highest BCUT2D eigenvalue weighted by molar-refractivity contribution is 7.89. The van der Waals surface area contributed by atoms with Crippen molar-refractivity contribution in [3.8, 4) is 5.75 Å². The van der Waals surface area contributed by atoms with Crippen molar-refractivity contribution in [3.05, 3.63) is 58.6 Å². The lowest BCUT2D eigenvalue weighted by molar-refractivity contribution is 0.322. The largest absolute Gasteiger partial charge is 0.492 e. The fourth-order valence-electron chi connectivity index (χ4n) is 2.68. The fraction of sp³-hybridized carbons (Fsp3) is 0.294. The third kappa shape index (κ3) is 4.05. The number of rotatable bonds is 6. The summed E-state index contributed by atoms with van der Waals surface area (Å²) in [7, 11) is -3.53. The van der Waals surface area contributed by atoms with E-state index >= 15 is 0 Å². The molecule has 0 radical (unpaired) electrons. The van der Waals surface area contributed by atoms with Crippen LogP contribution >= 0.6 is 11.6 Å². The highest BCUT2D eigenvalue weighted by Gasteiger charge is 2.14. The molecule has 6 heteroatoms. The minimum Gasteiger partial charge on any atom is -0.492 e. The van der Waals surface area contributed by atoms with Gasteiger partial charge in [-0.1, -0.05) is 17.7 Å². The van der Waals surface area contributed by atoms with Crippen molar-refractivity contribution < 1.29 is 13.2 Å². The Hall–Kier alpha value is -1.56. The summed E-state index contributed by atoms with van der Waals surface area (Å²) in [5.41, 5.74) is 2.73. The SMILES string of the molecule is O=S(=O)(NCCOc1ccc2c(c1)CCC2)c1ccc(Cl)cc1. The first-order valence-corrected chi connectivity index (χ1v) is 9.40. The number of ether oxygens (including phenoxy) is 1. The van der Waals surface area contributed by atoms with Crippen LogP contribution in [0.3, 0.4) is 0 Å². The maximum Gasteiger partial charge on any atom is 0.240 e. The lowest BCUT2D eigenvalue weighted by atomic mass is 10.1. The van der Waals surface area contributed by atoms with Crippen molar-refractivity contribution in [2.24, 2.45) is 0 Å². The Morgan fingerprint density at radius 3 is 2.57 bits per heavy atom. The minimum absolute atomic E-state index is 0.194. The average molecular weight is 352 g/mol. The predicted octanol–water partition coefficient (Wildman–Crippen LogP) is 3.19. The summed E-state index contributed by atoms with van der Waals surface area (Å²) in [4.78, 5) is 0.194. The van der Waals surface area contributed by atoms with Gasteiger partial charge in [-0.25, -0.2) is 13.1 Å². The van der Waals surface area contributed by atoms with Crippen LogP contribution in [0.15, 0.2) is 47.4 Å². The van der Waals surface area contributed by atoms with E-state index < -0.39 is 10.0 Å². The van der Waals surface area contributed by atoms with Gasteiger partial charge < -0.3 is 4.74 Å². The van der Waals surface area contributed by atoms with Crippen LogP contribution in [0.5, 0.6) is 5.75 Å². The molecule has 122 valence electrons. The van der Waals surface area contributed by atoms with E-state index in [1.54, 1.807) is 12.1 Å². The van der Waals surface area contributed by atoms with Crippen LogP contribution in [-0.4, -0.2) is 21.6 Å². The number of nitrogens with one attached hydrogen (secondary N) is 1. The van der Waals surface area contributed by atoms with Crippen molar-refractivity contribution >= 4 is 21.6 Å². The molecule has 23 heavy (non-hydrogen) atoms. The van der Waals surface area contributed by atoms with Crippen LogP contribution in [0.4, 0.5) is 0 Å². The molecule has 0 heterocycles. The molecule has 3 rings (SSSR count). The van der Waals surface area contributed by atoms with Gasteiger partial charge in [0.05, 0.1) is 4.90 Å². The van der Waals surface area contributed by atoms with Crippen molar-refractivity contribution in [1.82, 2.24) is 4.72 Å². The van der Waals surface area contributed by atoms with Crippen LogP contribution < -0.4 is 9.46 Å². The highest BCUT2D eigenvalue weighted by Crippen LogP contribution is 2.25. The Labute approximate surface area is 141 Å². The summed E-state index contributed by atoms with van der Waals surface area (Å²) in [6.45, 7) is 0.494. The van der Waals surface area contributed by atoms with Gasteiger partial charge in [0.1, 0.15) is 12.4 Å². The second-order valence-corrected chi connectivity index (χ2v) is 7.69. The van der Waals surface area contributed by atoms with Crippen molar-refractivity contribution in [2.75, 3.05) is 13.2 Å². The van der Waals surface area contributed by atoms with Crippen LogP contribution in [-0.2, 0) is 22.9 Å². The first kappa shape index (κ1) is 16.3. The number of halogens is 1. The second kappa shape index (κ2) is 6.91. The number of hydrogen-bond acceptors (Lipinski definition) is 3. The van der Waals surface area contributed by atoms with Gasteiger partial charge in [0.25, 0.3) is 0 Å². The zero-order valence-electron chi connectivity index (χ0n) is 12.6. The molecule has 0 amide bonds. The fourth-order valence-corrected chi connectivity index (χ4v) is 3.82. The maximum atomic E-state index is 12.1. The molecule has 0 aliphatic heterocycles. The van der Waals surface area contributed by atoms with Gasteiger partial charge in [-0.2, -0.15) is 0 Å². The minimum atomic E-state index is -3.53. The molecule has 0 saturated carbocycles. The Balaban J connectivity index is 1.52. The molecule has 0 unspecified atom stereocenters. The molecule has 1 aliphatic carbocycles. The van der Waals surface area contributed by atoms with E-state index in [-0.39, 0.29) is 18.0 Å². The van der Waals surface area contributed by atoms with Crippen LogP contribution in [0.2, 0.25) is 5.02 Å². The standard InChI is InChI=1S/C17H18ClNO3S/c18-15-5-8-17(9-6-15)23(20,21)19-10-11-22-16-7-4-13-2-1-3-14(13)12-16/h4-9,12,19H,1-3,10-11H2. The van der Waals surface area contributed by atoms with Crippen LogP contribution in [0, 0.1) is 0 Å². The molecule has 2 aromatic carbocycles. The van der Waals surface area contributed by atoms with Gasteiger partial charge in [-0.15, -0.1) is 0 Å². The molecule has 1 aliphatic rings. The molecule has 1 N–H and O–H groups in total. The summed E-state index contributed by atoms with van der Waals surface area (Å²) in [6, 6.07) is 12.1. The van der Waals surface area contributed by atoms with E-state index in [2.05, 4.69) is 16.9 Å². The predicted molar refractivity (Wildman–Crippen MR) is 90.6 cm³/mol. The molecular weight excluding hydrogens is 334 g/mol. The monoisotopic (exact) mass is 351 g/mol. The summed E-state index contributed by atoms with van der Waals surface area (Å²) < 4.78 is 32.4. The summed E-state index contributed by atoms with van der Waals surface area (Å²) >= 11 is 5.76. The number of sulfonamides is 1. The van der Waals surface area contributed by atoms with E-state index in [9.17, 15) is 8.42 Å². The second-order valence-electron chi connectivity index (χ2n) is 5.48. The van der Waals surface area contributed by atoms with Gasteiger partial charge >= 0.3 is 0 Å². The van der Waals surface area contributed by atoms with Gasteiger partial charge in [0.2, 0.25) is 10.0 Å². The zero-order valence-corrected chi connectivity index (χ0v) is 14.2. The molecule has 4 nitrogen and oxygen atoms in total. The van der Waals surface area contributed by atoms with E-state index in [1.807, 2.05) is 6.07 Å². The van der Waals surface area contributed by atoms with Crippen molar-refractivity contribution in [2.45, 2.75) is 24.2 Å². The third-order valence-corrected chi connectivity index (χ3v) is 5.59. The third-order valence-electron chi connectivity index (χ3n) is 3.86. The van der Waals surface area contributed by atoms with E-state index in [0.29, 0.717) is 5.02 Å². The van der Waals surface area contributed by atoms with Crippen LogP contribution in [0.25, 0.3) is 0 Å². The first-order chi connectivity index (χ1) is 11.0. The van der Waals surface area contributed by atoms with Gasteiger partial charge in [0, 0.05) is 11.6 Å². The smallest absolute Gasteiger partial charge is 0.240 e. The summed E-state index contributed by atoms with van der Waals surface area (Å²) in [5.74, 6) is 0.788. The zero-order chi connectivity index (χ0) is 16.3. The van der Waals surface area contributed by atoms with Crippen LogP contribution in [0.1, 0.15) is 17.5 Å². The quantitative estimate of drug-likeness (QED) is 0.813. The van der Waals surface area contributed by atoms with Gasteiger partial charge in [-0.3, -0.25) is 0 Å². The number of aryl methyl sites for hydroxylation is 2. The molecule has 0 bridgehead atoms. The summed E-state index contributed by atoms with van der Waals surface area (Å²) in [5, 5.41) is 0.504. The first-order valence-electron chi connectivity index (χ1n) is 7.54. The lowest BCUT2D eigenvalue weighted by Gasteiger charge is -2.10. The van der Waals surface area contributed by atoms with Crippen molar-refractivity contribution in [3.63, 3.8) is 0 Å². The number of benzene rings is 2. The van der Waals surface area contributed by atoms with Gasteiger partial charge in [0.15, 0.2) is 0 Å². The number of fused-ring (bicyclic) bond motifs is 1. The molecule has 0 spiro atoms. The highest BCUT2D eigenvalue weighted by atomic mass is 35.5. The Kier molecular flexibility index (Phi) is 4.90.